The minimum atomic E-state index is 0. The van der Waals surface area contributed by atoms with Crippen molar-refractivity contribution in [2.45, 2.75) is 44.7 Å². The van der Waals surface area contributed by atoms with Gasteiger partial charge in [-0.05, 0) is 56.3 Å². The lowest BCUT2D eigenvalue weighted by molar-refractivity contribution is -0.133. The molecule has 1 aliphatic heterocycles. The first-order valence-electron chi connectivity index (χ1n) is 9.54. The molecule has 0 bridgehead atoms. The minimum absolute atomic E-state index is 0. The van der Waals surface area contributed by atoms with E-state index >= 15 is 0 Å². The van der Waals surface area contributed by atoms with Gasteiger partial charge in [-0.1, -0.05) is 6.07 Å². The topological polar surface area (TPSA) is 63.1 Å². The molecule has 1 spiro atoms. The summed E-state index contributed by atoms with van der Waals surface area (Å²) < 4.78 is 2.01. The number of hydrogen-bond donors (Lipinski definition) is 1. The van der Waals surface area contributed by atoms with Crippen molar-refractivity contribution in [1.82, 2.24) is 24.8 Å². The second kappa shape index (κ2) is 9.72. The van der Waals surface area contributed by atoms with Crippen LogP contribution in [-0.2, 0) is 24.8 Å². The van der Waals surface area contributed by atoms with Crippen LogP contribution in [0.4, 0.5) is 0 Å². The van der Waals surface area contributed by atoms with E-state index in [-0.39, 0.29) is 30.7 Å². The number of aromatic nitrogens is 3. The predicted molar refractivity (Wildman–Crippen MR) is 114 cm³/mol. The van der Waals surface area contributed by atoms with Crippen LogP contribution in [0.1, 0.15) is 37.2 Å². The Balaban J connectivity index is 0.00000140. The molecule has 2 aliphatic rings. The molecule has 0 aromatic carbocycles. The minimum Gasteiger partial charge on any atom is -0.337 e. The van der Waals surface area contributed by atoms with Gasteiger partial charge in [0.15, 0.2) is 0 Å². The highest BCUT2D eigenvalue weighted by Crippen LogP contribution is 2.56. The van der Waals surface area contributed by atoms with Crippen molar-refractivity contribution in [3.63, 3.8) is 0 Å². The van der Waals surface area contributed by atoms with Crippen molar-refractivity contribution in [3.8, 4) is 0 Å². The number of rotatable bonds is 6. The molecule has 6 nitrogen and oxygen atoms in total. The number of imidazole rings is 1. The van der Waals surface area contributed by atoms with Crippen molar-refractivity contribution in [1.29, 1.82) is 0 Å². The Kier molecular flexibility index (Phi) is 7.87. The summed E-state index contributed by atoms with van der Waals surface area (Å²) in [5, 5.41) is 3.44. The Bertz CT molecular complexity index is 761. The Morgan fingerprint density at radius 3 is 2.68 bits per heavy atom. The molecule has 2 fully saturated rings. The molecular formula is C20H29Cl2N5O. The first-order chi connectivity index (χ1) is 12.7. The van der Waals surface area contributed by atoms with Crippen molar-refractivity contribution >= 4 is 30.7 Å². The van der Waals surface area contributed by atoms with Crippen molar-refractivity contribution in [2.75, 3.05) is 13.1 Å². The van der Waals surface area contributed by atoms with E-state index in [1.165, 1.54) is 12.8 Å². The largest absolute Gasteiger partial charge is 0.337 e. The zero-order valence-corrected chi connectivity index (χ0v) is 17.8. The zero-order chi connectivity index (χ0) is 18.0. The van der Waals surface area contributed by atoms with Gasteiger partial charge < -0.3 is 14.8 Å². The Morgan fingerprint density at radius 2 is 2.04 bits per heavy atom. The number of nitrogens with one attached hydrogen (secondary N) is 1. The molecule has 1 atom stereocenters. The number of hydrogen-bond acceptors (Lipinski definition) is 4. The molecule has 1 N–H and O–H groups in total. The van der Waals surface area contributed by atoms with Gasteiger partial charge in [0.25, 0.3) is 0 Å². The molecule has 1 saturated carbocycles. The predicted octanol–water partition coefficient (Wildman–Crippen LogP) is 2.76. The van der Waals surface area contributed by atoms with E-state index in [2.05, 4.69) is 20.2 Å². The van der Waals surface area contributed by atoms with Crippen LogP contribution in [0.15, 0.2) is 36.8 Å². The molecule has 3 heterocycles. The van der Waals surface area contributed by atoms with Gasteiger partial charge >= 0.3 is 0 Å². The van der Waals surface area contributed by atoms with Crippen molar-refractivity contribution in [2.24, 2.45) is 12.5 Å². The molecule has 0 radical (unpaired) electrons. The van der Waals surface area contributed by atoms with E-state index in [0.717, 1.165) is 31.0 Å². The molecule has 1 aliphatic carbocycles. The monoisotopic (exact) mass is 425 g/mol. The fraction of sp³-hybridized carbons (Fsp3) is 0.550. The van der Waals surface area contributed by atoms with Gasteiger partial charge in [-0.3, -0.25) is 9.78 Å². The lowest BCUT2D eigenvalue weighted by atomic mass is 9.93. The van der Waals surface area contributed by atoms with E-state index in [0.29, 0.717) is 30.8 Å². The number of nitrogens with zero attached hydrogens (tertiary/aromatic N) is 4. The number of carbonyl (C=O) groups is 1. The van der Waals surface area contributed by atoms with Crippen LogP contribution in [0.2, 0.25) is 0 Å². The van der Waals surface area contributed by atoms with Gasteiger partial charge in [-0.15, -0.1) is 24.8 Å². The quantitative estimate of drug-likeness (QED) is 0.772. The van der Waals surface area contributed by atoms with Gasteiger partial charge in [0, 0.05) is 43.8 Å². The number of piperidine rings is 1. The highest BCUT2D eigenvalue weighted by molar-refractivity contribution is 5.85. The highest BCUT2D eigenvalue weighted by atomic mass is 35.5. The fourth-order valence-electron chi connectivity index (χ4n) is 4.23. The van der Waals surface area contributed by atoms with Gasteiger partial charge in [0.2, 0.25) is 5.91 Å². The first kappa shape index (κ1) is 22.7. The molecule has 1 unspecified atom stereocenters. The van der Waals surface area contributed by atoms with Crippen molar-refractivity contribution < 1.29 is 4.79 Å². The smallest absolute Gasteiger partial charge is 0.223 e. The molecule has 154 valence electrons. The summed E-state index contributed by atoms with van der Waals surface area (Å²) in [6, 6.07) is 6.23. The number of carbonyl (C=O) groups excluding carboxylic acids is 1. The highest BCUT2D eigenvalue weighted by Gasteiger charge is 2.57. The molecule has 2 aromatic rings. The second-order valence-corrected chi connectivity index (χ2v) is 7.63. The average Bonchev–Trinajstić information content (AvgIpc) is 3.18. The number of amides is 1. The molecular weight excluding hydrogens is 397 g/mol. The lowest BCUT2D eigenvalue weighted by Gasteiger charge is -2.29. The maximum atomic E-state index is 13.1. The van der Waals surface area contributed by atoms with Crippen LogP contribution in [0, 0.1) is 5.41 Å². The third-order valence-electron chi connectivity index (χ3n) is 6.00. The normalized spacial score (nSPS) is 19.4. The maximum absolute atomic E-state index is 13.1. The van der Waals surface area contributed by atoms with E-state index in [9.17, 15) is 4.79 Å². The zero-order valence-electron chi connectivity index (χ0n) is 16.2. The average molecular weight is 426 g/mol. The summed E-state index contributed by atoms with van der Waals surface area (Å²) in [5.41, 5.74) is 1.31. The Hall–Kier alpha value is -1.63. The summed E-state index contributed by atoms with van der Waals surface area (Å²) in [6.45, 7) is 2.73. The Labute approximate surface area is 178 Å². The Morgan fingerprint density at radius 1 is 1.25 bits per heavy atom. The molecule has 4 rings (SSSR count). The first-order valence-corrected chi connectivity index (χ1v) is 9.54. The SMILES string of the molecule is Cl.Cl.Cn1ccnc1CN(C(=O)CCc1ccccn1)C1CC12CCNCC2. The van der Waals surface area contributed by atoms with Crippen molar-refractivity contribution in [3.05, 3.63) is 48.3 Å². The molecule has 1 amide bonds. The van der Waals surface area contributed by atoms with Crippen LogP contribution in [0.3, 0.4) is 0 Å². The number of aryl methyl sites for hydroxylation is 2. The number of pyridine rings is 1. The van der Waals surface area contributed by atoms with Crippen LogP contribution in [0.25, 0.3) is 0 Å². The molecule has 28 heavy (non-hydrogen) atoms. The van der Waals surface area contributed by atoms with Gasteiger partial charge in [0.1, 0.15) is 5.82 Å². The molecule has 1 saturated heterocycles. The van der Waals surface area contributed by atoms with Crippen LogP contribution >= 0.6 is 24.8 Å². The summed E-state index contributed by atoms with van der Waals surface area (Å²) in [6.07, 6.45) is 10.2. The van der Waals surface area contributed by atoms with E-state index < -0.39 is 0 Å². The fourth-order valence-corrected chi connectivity index (χ4v) is 4.23. The number of halogens is 2. The van der Waals surface area contributed by atoms with Gasteiger partial charge in [0.05, 0.1) is 6.54 Å². The van der Waals surface area contributed by atoms with E-state index in [4.69, 9.17) is 0 Å². The maximum Gasteiger partial charge on any atom is 0.223 e. The lowest BCUT2D eigenvalue weighted by Crippen LogP contribution is -2.39. The van der Waals surface area contributed by atoms with Crippen LogP contribution < -0.4 is 5.32 Å². The third-order valence-corrected chi connectivity index (χ3v) is 6.00. The van der Waals surface area contributed by atoms with E-state index in [1.807, 2.05) is 36.0 Å². The summed E-state index contributed by atoms with van der Waals surface area (Å²) in [4.78, 5) is 24.0. The van der Waals surface area contributed by atoms with Gasteiger partial charge in [-0.25, -0.2) is 4.98 Å². The van der Waals surface area contributed by atoms with Crippen LogP contribution in [0.5, 0.6) is 0 Å². The van der Waals surface area contributed by atoms with Crippen LogP contribution in [-0.4, -0.2) is 44.5 Å². The van der Waals surface area contributed by atoms with Gasteiger partial charge in [-0.2, -0.15) is 0 Å². The molecule has 8 heteroatoms. The summed E-state index contributed by atoms with van der Waals surface area (Å²) >= 11 is 0. The summed E-state index contributed by atoms with van der Waals surface area (Å²) in [7, 11) is 1.99. The third kappa shape index (κ3) is 4.85. The summed E-state index contributed by atoms with van der Waals surface area (Å²) in [5.74, 6) is 1.17. The van der Waals surface area contributed by atoms with E-state index in [1.54, 1.807) is 12.4 Å². The molecule has 2 aromatic heterocycles. The standard InChI is InChI=1S/C20H27N5O.2ClH/c1-24-13-12-23-18(24)15-25(17-14-20(17)7-10-21-11-8-20)19(26)6-5-16-4-2-3-9-22-16;;/h2-4,9,12-13,17,21H,5-8,10-11,14-15H2,1H3;2*1H. The second-order valence-electron chi connectivity index (χ2n) is 7.63.